The van der Waals surface area contributed by atoms with Crippen LogP contribution in [-0.2, 0) is 0 Å². The van der Waals surface area contributed by atoms with Gasteiger partial charge in [-0.2, -0.15) is 5.10 Å². The minimum atomic E-state index is 0.560. The Balaban J connectivity index is 1.26. The van der Waals surface area contributed by atoms with Crippen molar-refractivity contribution in [3.05, 3.63) is 85.1 Å². The second kappa shape index (κ2) is 8.30. The lowest BCUT2D eigenvalue weighted by atomic mass is 9.83. The predicted molar refractivity (Wildman–Crippen MR) is 144 cm³/mol. The highest BCUT2D eigenvalue weighted by molar-refractivity contribution is 5.99. The molecule has 2 aliphatic carbocycles. The average molecular weight is 472 g/mol. The van der Waals surface area contributed by atoms with Gasteiger partial charge >= 0.3 is 0 Å². The van der Waals surface area contributed by atoms with E-state index in [1.54, 1.807) is 0 Å². The summed E-state index contributed by atoms with van der Waals surface area (Å²) < 4.78 is 0. The molecule has 0 radical (unpaired) electrons. The molecule has 1 fully saturated rings. The van der Waals surface area contributed by atoms with Crippen LogP contribution in [0.15, 0.2) is 79.6 Å². The highest BCUT2D eigenvalue weighted by atomic mass is 15.1. The van der Waals surface area contributed by atoms with Crippen LogP contribution in [0.3, 0.4) is 0 Å². The number of nitrogens with one attached hydrogen (secondary N) is 3. The van der Waals surface area contributed by atoms with E-state index in [2.05, 4.69) is 67.4 Å². The van der Waals surface area contributed by atoms with Crippen molar-refractivity contribution in [3.63, 3.8) is 0 Å². The van der Waals surface area contributed by atoms with E-state index in [0.29, 0.717) is 5.92 Å². The molecule has 0 aliphatic heterocycles. The molecule has 5 aromatic heterocycles. The van der Waals surface area contributed by atoms with Crippen molar-refractivity contribution >= 4 is 33.2 Å². The first-order valence-electron chi connectivity index (χ1n) is 12.3. The van der Waals surface area contributed by atoms with Crippen LogP contribution in [-0.4, -0.2) is 30.1 Å². The summed E-state index contributed by atoms with van der Waals surface area (Å²) in [5.74, 6) is 0.560. The Bertz CT molecular complexity index is 1700. The van der Waals surface area contributed by atoms with E-state index in [-0.39, 0.29) is 0 Å². The minimum Gasteiger partial charge on any atom is -0.358 e. The number of H-pyrrole nitrogens is 2. The first kappa shape index (κ1) is 20.8. The van der Waals surface area contributed by atoms with Gasteiger partial charge in [0, 0.05) is 34.6 Å². The summed E-state index contributed by atoms with van der Waals surface area (Å²) >= 11 is 0. The molecule has 1 saturated carbocycles. The molecule has 0 spiro atoms. The van der Waals surface area contributed by atoms with Crippen molar-refractivity contribution in [1.29, 1.82) is 0 Å². The molecule has 0 atom stereocenters. The molecule has 3 N–H and O–H groups in total. The zero-order valence-corrected chi connectivity index (χ0v) is 19.8. The Kier molecular flexibility index (Phi) is 4.80. The number of nitrogens with zero attached hydrogens (tertiary/aromatic N) is 4. The molecule has 0 saturated heterocycles. The van der Waals surface area contributed by atoms with Crippen LogP contribution in [0.2, 0.25) is 0 Å². The molecule has 5 heterocycles. The van der Waals surface area contributed by atoms with Crippen molar-refractivity contribution in [1.82, 2.24) is 30.1 Å². The number of hydrogen-bond donors (Lipinski definition) is 3. The Morgan fingerprint density at radius 1 is 1.03 bits per heavy atom. The summed E-state index contributed by atoms with van der Waals surface area (Å²) in [6, 6.07) is 8.24. The Morgan fingerprint density at radius 3 is 2.78 bits per heavy atom. The molecule has 5 aromatic rings. The van der Waals surface area contributed by atoms with Gasteiger partial charge in [-0.25, -0.2) is 4.98 Å². The quantitative estimate of drug-likeness (QED) is 0.258. The number of pyridine rings is 3. The summed E-state index contributed by atoms with van der Waals surface area (Å²) in [4.78, 5) is 17.4. The number of allylic oxidation sites excluding steroid dienone is 5. The van der Waals surface area contributed by atoms with Crippen molar-refractivity contribution in [3.8, 4) is 22.6 Å². The Labute approximate surface area is 208 Å². The third-order valence-corrected chi connectivity index (χ3v) is 7.23. The monoisotopic (exact) mass is 471 g/mol. The number of hydrogen-bond acceptors (Lipinski definition) is 5. The summed E-state index contributed by atoms with van der Waals surface area (Å²) in [5, 5.41) is 12.3. The van der Waals surface area contributed by atoms with E-state index < -0.39 is 0 Å². The first-order chi connectivity index (χ1) is 17.7. The molecule has 176 valence electrons. The smallest absolute Gasteiger partial charge is 0.135 e. The third kappa shape index (κ3) is 3.51. The lowest BCUT2D eigenvalue weighted by molar-refractivity contribution is 0.371. The fraction of sp³-hybridized carbons (Fsp3) is 0.172. The molecule has 7 rings (SSSR count). The number of rotatable bonds is 6. The summed E-state index contributed by atoms with van der Waals surface area (Å²) in [5.41, 5.74) is 10.5. The van der Waals surface area contributed by atoms with Crippen molar-refractivity contribution < 1.29 is 0 Å². The van der Waals surface area contributed by atoms with E-state index >= 15 is 0 Å². The maximum absolute atomic E-state index is 4.99. The van der Waals surface area contributed by atoms with Crippen molar-refractivity contribution in [2.45, 2.75) is 25.7 Å². The second-order valence-electron chi connectivity index (χ2n) is 9.53. The molecular weight excluding hydrogens is 446 g/mol. The lowest BCUT2D eigenvalue weighted by Crippen LogP contribution is -2.18. The normalized spacial score (nSPS) is 15.4. The largest absolute Gasteiger partial charge is 0.358 e. The highest BCUT2D eigenvalue weighted by Crippen LogP contribution is 2.35. The van der Waals surface area contributed by atoms with Gasteiger partial charge in [0.2, 0.25) is 0 Å². The Hall–Kier alpha value is -4.52. The van der Waals surface area contributed by atoms with E-state index in [4.69, 9.17) is 4.98 Å². The topological polar surface area (TPSA) is 95.2 Å². The number of aromatic nitrogens is 6. The molecule has 0 amide bonds. The van der Waals surface area contributed by atoms with Gasteiger partial charge in [0.25, 0.3) is 0 Å². The van der Waals surface area contributed by atoms with E-state index in [1.165, 1.54) is 24.8 Å². The predicted octanol–water partition coefficient (Wildman–Crippen LogP) is 6.63. The summed E-state index contributed by atoms with van der Waals surface area (Å²) in [6.07, 6.45) is 18.7. The fourth-order valence-electron chi connectivity index (χ4n) is 5.01. The molecule has 7 heteroatoms. The van der Waals surface area contributed by atoms with Crippen LogP contribution < -0.4 is 5.32 Å². The minimum absolute atomic E-state index is 0.560. The van der Waals surface area contributed by atoms with E-state index in [9.17, 15) is 0 Å². The van der Waals surface area contributed by atoms with Gasteiger partial charge in [-0.05, 0) is 55.0 Å². The van der Waals surface area contributed by atoms with Gasteiger partial charge in [-0.3, -0.25) is 15.1 Å². The van der Waals surface area contributed by atoms with E-state index in [0.717, 1.165) is 68.0 Å². The second-order valence-corrected chi connectivity index (χ2v) is 9.53. The van der Waals surface area contributed by atoms with Gasteiger partial charge in [-0.15, -0.1) is 0 Å². The summed E-state index contributed by atoms with van der Waals surface area (Å²) in [7, 11) is 0. The molecular formula is C29H25N7. The number of fused-ring (bicyclic) bond motifs is 2. The molecule has 0 unspecified atom stereocenters. The van der Waals surface area contributed by atoms with E-state index in [1.807, 2.05) is 36.9 Å². The van der Waals surface area contributed by atoms with Crippen LogP contribution in [0.5, 0.6) is 0 Å². The molecule has 2 aliphatic rings. The van der Waals surface area contributed by atoms with Gasteiger partial charge < -0.3 is 10.3 Å². The molecule has 7 nitrogen and oxygen atoms in total. The van der Waals surface area contributed by atoms with Gasteiger partial charge in [-0.1, -0.05) is 31.2 Å². The fourth-order valence-corrected chi connectivity index (χ4v) is 5.01. The maximum atomic E-state index is 4.99. The first-order valence-corrected chi connectivity index (χ1v) is 12.3. The number of aromatic amines is 2. The lowest BCUT2D eigenvalue weighted by Gasteiger charge is -2.28. The average Bonchev–Trinajstić information content (AvgIpc) is 3.61. The van der Waals surface area contributed by atoms with Gasteiger partial charge in [0.05, 0.1) is 40.5 Å². The third-order valence-electron chi connectivity index (χ3n) is 7.23. The Morgan fingerprint density at radius 2 is 1.94 bits per heavy atom. The zero-order valence-electron chi connectivity index (χ0n) is 19.8. The van der Waals surface area contributed by atoms with Gasteiger partial charge in [0.1, 0.15) is 11.2 Å². The van der Waals surface area contributed by atoms with Crippen LogP contribution in [0.4, 0.5) is 5.69 Å². The van der Waals surface area contributed by atoms with Crippen LogP contribution in [0.1, 0.15) is 31.2 Å². The van der Waals surface area contributed by atoms with Gasteiger partial charge in [0.15, 0.2) is 0 Å². The van der Waals surface area contributed by atoms with Crippen molar-refractivity contribution in [2.75, 3.05) is 5.32 Å². The zero-order chi connectivity index (χ0) is 24.1. The molecule has 0 aromatic carbocycles. The number of anilines is 1. The van der Waals surface area contributed by atoms with Crippen molar-refractivity contribution in [2.24, 2.45) is 5.92 Å². The molecule has 0 bridgehead atoms. The maximum Gasteiger partial charge on any atom is 0.135 e. The van der Waals surface area contributed by atoms with Crippen LogP contribution in [0.25, 0.3) is 50.2 Å². The van der Waals surface area contributed by atoms with Crippen LogP contribution >= 0.6 is 0 Å². The van der Waals surface area contributed by atoms with Crippen LogP contribution in [0, 0.1) is 5.92 Å². The highest BCUT2D eigenvalue weighted by Gasteiger charge is 2.21. The standard InChI is InChI=1S/C29H25N7/c1-17(18-7-4-8-18)32-21-11-20(13-30-14-21)24-9-10-25-28(34-24)29(36-35-25)26-12-22-23(19-5-2-3-6-19)15-31-16-27(22)33-26/h2,5-6,9-16,18,32-33H,1,3-4,7-8H2,(H,35,36). The summed E-state index contributed by atoms with van der Waals surface area (Å²) in [6.45, 7) is 4.22. The molecule has 36 heavy (non-hydrogen) atoms. The SMILES string of the molecule is C=C(Nc1cncc(-c2ccc3[nH]nc(-c4cc5c(C6=CCC=C6)cncc5[nH]4)c3n2)c1)C1CCC1.